The van der Waals surface area contributed by atoms with Crippen molar-refractivity contribution in [2.24, 2.45) is 5.41 Å². The summed E-state index contributed by atoms with van der Waals surface area (Å²) >= 11 is 1.57. The van der Waals surface area contributed by atoms with Crippen molar-refractivity contribution in [1.29, 1.82) is 0 Å². The molecule has 0 saturated carbocycles. The Kier molecular flexibility index (Phi) is 17.8. The number of pyridine rings is 1. The topological polar surface area (TPSA) is 212 Å². The van der Waals surface area contributed by atoms with Gasteiger partial charge in [0.25, 0.3) is 0 Å². The van der Waals surface area contributed by atoms with Crippen LogP contribution in [0.2, 0.25) is 0 Å². The average molecular weight is 1070 g/mol. The Morgan fingerprint density at radius 3 is 2.40 bits per heavy atom. The van der Waals surface area contributed by atoms with E-state index in [-0.39, 0.29) is 81.9 Å². The van der Waals surface area contributed by atoms with E-state index in [1.165, 1.54) is 11.0 Å². The maximum Gasteiger partial charge on any atom is 0.246 e. The van der Waals surface area contributed by atoms with E-state index < -0.39 is 29.5 Å². The highest BCUT2D eigenvalue weighted by Crippen LogP contribution is 2.36. The molecule has 77 heavy (non-hydrogen) atoms. The van der Waals surface area contributed by atoms with Crippen LogP contribution in [-0.4, -0.2) is 160 Å². The zero-order valence-electron chi connectivity index (χ0n) is 44.2. The Bertz CT molecular complexity index is 3000. The lowest BCUT2D eigenvalue weighted by molar-refractivity contribution is -0.144. The molecule has 3 saturated heterocycles. The fraction of sp³-hybridized carbons (Fsp3) is 0.464. The van der Waals surface area contributed by atoms with Gasteiger partial charge in [-0.3, -0.25) is 24.1 Å². The number of carbonyl (C=O) groups is 4. The zero-order valence-corrected chi connectivity index (χ0v) is 45.0. The first kappa shape index (κ1) is 54.9. The number of nitrogens with zero attached hydrogens (tertiary/aromatic N) is 9. The number of aromatic nitrogens is 5. The molecule has 4 aromatic heterocycles. The van der Waals surface area contributed by atoms with Crippen LogP contribution < -0.4 is 25.8 Å². The number of amides is 4. The summed E-state index contributed by atoms with van der Waals surface area (Å²) in [7, 11) is 0. The number of piperazine rings is 1. The number of imidazole rings is 1. The predicted octanol–water partition coefficient (Wildman–Crippen LogP) is 5.17. The minimum absolute atomic E-state index is 0.00403. The second-order valence-corrected chi connectivity index (χ2v) is 21.8. The number of aliphatic hydroxyl groups is 1. The Morgan fingerprint density at radius 2 is 1.65 bits per heavy atom. The molecule has 4 atom stereocenters. The van der Waals surface area contributed by atoms with Crippen molar-refractivity contribution in [3.8, 4) is 21.8 Å². The van der Waals surface area contributed by atoms with Gasteiger partial charge >= 0.3 is 0 Å². The van der Waals surface area contributed by atoms with E-state index in [1.54, 1.807) is 29.7 Å². The summed E-state index contributed by atoms with van der Waals surface area (Å²) in [5, 5.41) is 24.3. The second-order valence-electron chi connectivity index (χ2n) is 20.9. The van der Waals surface area contributed by atoms with E-state index in [1.807, 2.05) is 98.4 Å². The molecule has 2 aromatic carbocycles. The first-order valence-electron chi connectivity index (χ1n) is 26.5. The largest absolute Gasteiger partial charge is 0.391 e. The number of ether oxygens (including phenoxy) is 2. The van der Waals surface area contributed by atoms with Crippen LogP contribution in [0.3, 0.4) is 0 Å². The lowest BCUT2D eigenvalue weighted by Gasteiger charge is -2.35. The van der Waals surface area contributed by atoms with Gasteiger partial charge in [0.05, 0.1) is 73.1 Å². The summed E-state index contributed by atoms with van der Waals surface area (Å²) in [5.41, 5.74) is 7.19. The van der Waals surface area contributed by atoms with E-state index in [4.69, 9.17) is 19.6 Å². The Balaban J connectivity index is 0.647. The highest BCUT2D eigenvalue weighted by Gasteiger charge is 2.44. The third-order valence-corrected chi connectivity index (χ3v) is 15.3. The van der Waals surface area contributed by atoms with Crippen molar-refractivity contribution >= 4 is 52.2 Å². The van der Waals surface area contributed by atoms with Crippen LogP contribution in [0.4, 0.5) is 16.0 Å². The van der Waals surface area contributed by atoms with Crippen LogP contribution in [-0.2, 0) is 35.2 Å². The molecule has 3 aliphatic rings. The van der Waals surface area contributed by atoms with Crippen LogP contribution in [0.25, 0.3) is 27.5 Å². The highest BCUT2D eigenvalue weighted by molar-refractivity contribution is 7.13. The van der Waals surface area contributed by atoms with Gasteiger partial charge in [-0.2, -0.15) is 0 Å². The standard InChI is InChI=1S/C56H69FN12O7S/c1-37-52(77-36-61-37)39-15-13-38(14-16-39)32-60-54(73)45-31-42(70)34-68(45)55(74)53(56(2,3)4)63-50(71)19-26-75-28-29-76-27-20-58-51(72)35-65-22-24-66(25-23-65)48-12-6-10-43(62-48)46-33-59-47-17-18-49(64-69(46)47)67-21-7-11-44(67)40-8-5-9-41(57)30-40/h5-6,8-10,12-18,30,33,36,42,44-45,53,70H,7,11,19-29,31-32,34-35H2,1-4H3,(H,58,72)(H,60,73)(H,63,71)/t42-,44-,45+,53?/m1/s1. The van der Waals surface area contributed by atoms with Gasteiger partial charge in [-0.25, -0.2) is 23.9 Å². The molecular formula is C56H69FN12O7S. The molecule has 4 amide bonds. The number of benzene rings is 2. The van der Waals surface area contributed by atoms with E-state index in [9.17, 15) is 28.7 Å². The average Bonchev–Trinajstić information content (AvgIpc) is 4.27. The number of anilines is 2. The molecule has 408 valence electrons. The minimum atomic E-state index is -0.947. The van der Waals surface area contributed by atoms with Crippen LogP contribution in [0, 0.1) is 18.2 Å². The molecule has 0 aliphatic carbocycles. The van der Waals surface area contributed by atoms with Gasteiger partial charge in [0.2, 0.25) is 23.6 Å². The van der Waals surface area contributed by atoms with Gasteiger partial charge in [-0.05, 0) is 78.3 Å². The molecule has 0 spiro atoms. The van der Waals surface area contributed by atoms with Crippen LogP contribution in [0.5, 0.6) is 0 Å². The summed E-state index contributed by atoms with van der Waals surface area (Å²) < 4.78 is 27.3. The van der Waals surface area contributed by atoms with Crippen molar-refractivity contribution in [1.82, 2.24) is 50.3 Å². The molecule has 0 bridgehead atoms. The number of carbonyl (C=O) groups excluding carboxylic acids is 4. The van der Waals surface area contributed by atoms with Gasteiger partial charge in [0.1, 0.15) is 35.2 Å². The van der Waals surface area contributed by atoms with E-state index in [0.29, 0.717) is 45.0 Å². The summed E-state index contributed by atoms with van der Waals surface area (Å²) in [6, 6.07) is 22.7. The Labute approximate surface area is 452 Å². The fourth-order valence-electron chi connectivity index (χ4n) is 10.2. The molecule has 3 aliphatic heterocycles. The number of β-amino-alcohol motifs (C(OH)–C–C–N with tert-alkyl or cyclic N) is 1. The maximum absolute atomic E-state index is 14.1. The third kappa shape index (κ3) is 13.8. The number of aryl methyl sites for hydroxylation is 1. The second kappa shape index (κ2) is 25.0. The van der Waals surface area contributed by atoms with Gasteiger partial charge in [0, 0.05) is 65.2 Å². The number of halogens is 1. The molecule has 0 radical (unpaired) electrons. The summed E-state index contributed by atoms with van der Waals surface area (Å²) in [5.74, 6) is 0.124. The SMILES string of the molecule is Cc1ncsc1-c1ccc(CNC(=O)[C@@H]2C[C@@H](O)CN2C(=O)C(NC(=O)CCOCCOCCNC(=O)CN2CCN(c3cccc(-c4cnc5ccc(N6CCC[C@@H]6c6cccc(F)c6)nn45)n3)CC2)C(C)(C)C)cc1. The van der Waals surface area contributed by atoms with Gasteiger partial charge in [-0.15, -0.1) is 16.4 Å². The van der Waals surface area contributed by atoms with E-state index in [0.717, 1.165) is 69.7 Å². The normalized spacial score (nSPS) is 18.5. The van der Waals surface area contributed by atoms with Gasteiger partial charge < -0.3 is 45.2 Å². The first-order chi connectivity index (χ1) is 37.2. The number of likely N-dealkylation sites (tertiary alicyclic amines) is 1. The van der Waals surface area contributed by atoms with Crippen molar-refractivity contribution < 1.29 is 38.1 Å². The number of nitrogens with one attached hydrogen (secondary N) is 3. The number of thiazole rings is 1. The number of aliphatic hydroxyl groups excluding tert-OH is 1. The van der Waals surface area contributed by atoms with Crippen molar-refractivity contribution in [3.63, 3.8) is 0 Å². The Hall–Kier alpha value is -6.91. The monoisotopic (exact) mass is 1070 g/mol. The van der Waals surface area contributed by atoms with E-state index >= 15 is 0 Å². The third-order valence-electron chi connectivity index (χ3n) is 14.3. The number of hydrogen-bond donors (Lipinski definition) is 4. The summed E-state index contributed by atoms with van der Waals surface area (Å²) in [4.78, 5) is 76.4. The van der Waals surface area contributed by atoms with Crippen molar-refractivity contribution in [2.75, 3.05) is 88.6 Å². The first-order valence-corrected chi connectivity index (χ1v) is 27.4. The predicted molar refractivity (Wildman–Crippen MR) is 292 cm³/mol. The van der Waals surface area contributed by atoms with Crippen molar-refractivity contribution in [3.05, 3.63) is 113 Å². The lowest BCUT2D eigenvalue weighted by atomic mass is 9.85. The van der Waals surface area contributed by atoms with Crippen LogP contribution in [0.15, 0.2) is 90.6 Å². The molecule has 21 heteroatoms. The number of fused-ring (bicyclic) bond motifs is 1. The molecule has 3 fully saturated rings. The molecule has 4 N–H and O–H groups in total. The number of rotatable bonds is 21. The smallest absolute Gasteiger partial charge is 0.246 e. The fourth-order valence-corrected chi connectivity index (χ4v) is 11.0. The number of hydrogen-bond acceptors (Lipinski definition) is 15. The summed E-state index contributed by atoms with van der Waals surface area (Å²) in [6.07, 6.45) is 2.92. The van der Waals surface area contributed by atoms with Crippen molar-refractivity contribution in [2.45, 2.75) is 84.2 Å². The quantitative estimate of drug-likeness (QED) is 0.0686. The molecule has 6 aromatic rings. The van der Waals surface area contributed by atoms with Gasteiger partial charge in [0.15, 0.2) is 5.65 Å². The highest BCUT2D eigenvalue weighted by atomic mass is 32.1. The maximum atomic E-state index is 14.1. The lowest BCUT2D eigenvalue weighted by Crippen LogP contribution is -2.57. The molecule has 9 rings (SSSR count). The zero-order chi connectivity index (χ0) is 54.1. The van der Waals surface area contributed by atoms with Gasteiger partial charge in [-0.1, -0.05) is 63.2 Å². The molecule has 1 unspecified atom stereocenters. The van der Waals surface area contributed by atoms with Crippen LogP contribution in [0.1, 0.15) is 69.3 Å². The minimum Gasteiger partial charge on any atom is -0.391 e. The molecular weight excluding hydrogens is 1000 g/mol. The Morgan fingerprint density at radius 1 is 0.870 bits per heavy atom. The van der Waals surface area contributed by atoms with E-state index in [2.05, 4.69) is 40.6 Å². The van der Waals surface area contributed by atoms with Crippen LogP contribution >= 0.6 is 11.3 Å². The molecule has 19 nitrogen and oxygen atoms in total. The summed E-state index contributed by atoms with van der Waals surface area (Å²) in [6.45, 7) is 12.8. The molecule has 7 heterocycles.